The lowest BCUT2D eigenvalue weighted by atomic mass is 10.2. The molecule has 0 saturated carbocycles. The summed E-state index contributed by atoms with van der Waals surface area (Å²) < 4.78 is 5.56. The normalized spacial score (nSPS) is 10.4. The van der Waals surface area contributed by atoms with Gasteiger partial charge >= 0.3 is 0 Å². The summed E-state index contributed by atoms with van der Waals surface area (Å²) in [6.07, 6.45) is 1.66. The Kier molecular flexibility index (Phi) is 3.96. The molecular weight excluding hydrogens is 236 g/mol. The van der Waals surface area contributed by atoms with Crippen LogP contribution in [0.1, 0.15) is 11.1 Å². The van der Waals surface area contributed by atoms with Crippen LogP contribution in [0.2, 0.25) is 5.02 Å². The molecular formula is C13H13ClN2O. The van der Waals surface area contributed by atoms with E-state index in [4.69, 9.17) is 22.1 Å². The Bertz CT molecular complexity index is 502. The highest BCUT2D eigenvalue weighted by molar-refractivity contribution is 6.30. The van der Waals surface area contributed by atoms with Crippen molar-refractivity contribution >= 4 is 17.4 Å². The van der Waals surface area contributed by atoms with Gasteiger partial charge in [-0.3, -0.25) is 0 Å². The quantitative estimate of drug-likeness (QED) is 0.905. The van der Waals surface area contributed by atoms with Gasteiger partial charge in [0.1, 0.15) is 5.82 Å². The highest BCUT2D eigenvalue weighted by atomic mass is 35.5. The third-order valence-electron chi connectivity index (χ3n) is 2.34. The highest BCUT2D eigenvalue weighted by Gasteiger charge is 2.00. The standard InChI is InChI=1S/C13H13ClN2O/c14-12-5-1-3-10(7-12)8-17-9-11-4-2-6-16-13(11)15/h1-7H,8-9H2,(H2,15,16). The molecule has 1 heterocycles. The number of nitrogens with zero attached hydrogens (tertiary/aromatic N) is 1. The number of aromatic nitrogens is 1. The van der Waals surface area contributed by atoms with Crippen LogP contribution in [0.15, 0.2) is 42.6 Å². The molecule has 0 radical (unpaired) electrons. The van der Waals surface area contributed by atoms with Crippen LogP contribution in [0.25, 0.3) is 0 Å². The largest absolute Gasteiger partial charge is 0.383 e. The van der Waals surface area contributed by atoms with Crippen LogP contribution >= 0.6 is 11.6 Å². The van der Waals surface area contributed by atoms with Gasteiger partial charge in [0.05, 0.1) is 13.2 Å². The van der Waals surface area contributed by atoms with Gasteiger partial charge in [-0.2, -0.15) is 0 Å². The molecule has 0 bridgehead atoms. The summed E-state index contributed by atoms with van der Waals surface area (Å²) in [5.74, 6) is 0.513. The van der Waals surface area contributed by atoms with Crippen LogP contribution in [-0.2, 0) is 18.0 Å². The van der Waals surface area contributed by atoms with E-state index in [0.29, 0.717) is 24.1 Å². The molecule has 2 rings (SSSR count). The number of nitrogen functional groups attached to an aromatic ring is 1. The maximum absolute atomic E-state index is 5.88. The Labute approximate surface area is 105 Å². The predicted octanol–water partition coefficient (Wildman–Crippen LogP) is 3.03. The van der Waals surface area contributed by atoms with E-state index in [-0.39, 0.29) is 0 Å². The summed E-state index contributed by atoms with van der Waals surface area (Å²) in [6, 6.07) is 11.3. The Balaban J connectivity index is 1.90. The molecule has 4 heteroatoms. The number of benzene rings is 1. The molecule has 0 fully saturated rings. The van der Waals surface area contributed by atoms with Gasteiger partial charge in [-0.05, 0) is 23.8 Å². The summed E-state index contributed by atoms with van der Waals surface area (Å²) in [5.41, 5.74) is 7.65. The van der Waals surface area contributed by atoms with Crippen molar-refractivity contribution in [1.82, 2.24) is 4.98 Å². The van der Waals surface area contributed by atoms with Crippen molar-refractivity contribution < 1.29 is 4.74 Å². The van der Waals surface area contributed by atoms with Gasteiger partial charge in [0, 0.05) is 16.8 Å². The summed E-state index contributed by atoms with van der Waals surface area (Å²) in [5, 5.41) is 0.715. The van der Waals surface area contributed by atoms with Crippen molar-refractivity contribution in [1.29, 1.82) is 0 Å². The maximum atomic E-state index is 5.88. The summed E-state index contributed by atoms with van der Waals surface area (Å²) in [4.78, 5) is 4.00. The molecule has 0 atom stereocenters. The Morgan fingerprint density at radius 3 is 2.82 bits per heavy atom. The topological polar surface area (TPSA) is 48.1 Å². The molecule has 17 heavy (non-hydrogen) atoms. The van der Waals surface area contributed by atoms with Crippen LogP contribution in [0.4, 0.5) is 5.82 Å². The number of hydrogen-bond donors (Lipinski definition) is 1. The van der Waals surface area contributed by atoms with Gasteiger partial charge in [-0.25, -0.2) is 4.98 Å². The van der Waals surface area contributed by atoms with Gasteiger partial charge in [0.25, 0.3) is 0 Å². The average molecular weight is 249 g/mol. The summed E-state index contributed by atoms with van der Waals surface area (Å²) >= 11 is 5.88. The van der Waals surface area contributed by atoms with Crippen LogP contribution in [-0.4, -0.2) is 4.98 Å². The van der Waals surface area contributed by atoms with Crippen LogP contribution in [0, 0.1) is 0 Å². The number of ether oxygens (including phenoxy) is 1. The zero-order valence-electron chi connectivity index (χ0n) is 9.27. The molecule has 0 unspecified atom stereocenters. The predicted molar refractivity (Wildman–Crippen MR) is 68.6 cm³/mol. The fourth-order valence-corrected chi connectivity index (χ4v) is 1.69. The van der Waals surface area contributed by atoms with E-state index in [1.807, 2.05) is 36.4 Å². The summed E-state index contributed by atoms with van der Waals surface area (Å²) in [7, 11) is 0. The molecule has 2 N–H and O–H groups in total. The zero-order chi connectivity index (χ0) is 12.1. The van der Waals surface area contributed by atoms with E-state index < -0.39 is 0 Å². The second-order valence-corrected chi connectivity index (χ2v) is 4.11. The van der Waals surface area contributed by atoms with Crippen molar-refractivity contribution in [2.24, 2.45) is 0 Å². The van der Waals surface area contributed by atoms with Crippen LogP contribution in [0.5, 0.6) is 0 Å². The zero-order valence-corrected chi connectivity index (χ0v) is 10.0. The molecule has 88 valence electrons. The van der Waals surface area contributed by atoms with E-state index in [1.165, 1.54) is 0 Å². The average Bonchev–Trinajstić information content (AvgIpc) is 2.32. The van der Waals surface area contributed by atoms with Crippen LogP contribution in [0.3, 0.4) is 0 Å². The minimum absolute atomic E-state index is 0.451. The number of halogens is 1. The highest BCUT2D eigenvalue weighted by Crippen LogP contribution is 2.13. The fraction of sp³-hybridized carbons (Fsp3) is 0.154. The van der Waals surface area contributed by atoms with Crippen molar-refractivity contribution in [2.75, 3.05) is 5.73 Å². The lowest BCUT2D eigenvalue weighted by Gasteiger charge is -2.06. The third-order valence-corrected chi connectivity index (χ3v) is 2.58. The lowest BCUT2D eigenvalue weighted by Crippen LogP contribution is -2.00. The second kappa shape index (κ2) is 5.66. The molecule has 0 aliphatic heterocycles. The molecule has 1 aromatic carbocycles. The van der Waals surface area contributed by atoms with Crippen molar-refractivity contribution in [2.45, 2.75) is 13.2 Å². The number of pyridine rings is 1. The number of nitrogens with two attached hydrogens (primary N) is 1. The SMILES string of the molecule is Nc1ncccc1COCc1cccc(Cl)c1. The number of hydrogen-bond acceptors (Lipinski definition) is 3. The maximum Gasteiger partial charge on any atom is 0.128 e. The monoisotopic (exact) mass is 248 g/mol. The third kappa shape index (κ3) is 3.44. The van der Waals surface area contributed by atoms with Gasteiger partial charge in [-0.1, -0.05) is 29.8 Å². The van der Waals surface area contributed by atoms with Gasteiger partial charge in [0.15, 0.2) is 0 Å². The fourth-order valence-electron chi connectivity index (χ4n) is 1.48. The number of anilines is 1. The molecule has 1 aromatic heterocycles. The second-order valence-electron chi connectivity index (χ2n) is 3.67. The minimum atomic E-state index is 0.451. The molecule has 2 aromatic rings. The van der Waals surface area contributed by atoms with E-state index in [9.17, 15) is 0 Å². The van der Waals surface area contributed by atoms with Gasteiger partial charge < -0.3 is 10.5 Å². The van der Waals surface area contributed by atoms with Crippen LogP contribution < -0.4 is 5.73 Å². The van der Waals surface area contributed by atoms with Crippen molar-refractivity contribution in [3.8, 4) is 0 Å². The summed E-state index contributed by atoms with van der Waals surface area (Å²) in [6.45, 7) is 0.959. The first-order valence-corrected chi connectivity index (χ1v) is 5.65. The van der Waals surface area contributed by atoms with E-state index in [2.05, 4.69) is 4.98 Å². The van der Waals surface area contributed by atoms with E-state index >= 15 is 0 Å². The number of rotatable bonds is 4. The first-order valence-electron chi connectivity index (χ1n) is 5.27. The smallest absolute Gasteiger partial charge is 0.128 e. The van der Waals surface area contributed by atoms with Crippen molar-refractivity contribution in [3.63, 3.8) is 0 Å². The first kappa shape index (κ1) is 11.9. The van der Waals surface area contributed by atoms with Gasteiger partial charge in [0.2, 0.25) is 0 Å². The molecule has 0 amide bonds. The lowest BCUT2D eigenvalue weighted by molar-refractivity contribution is 0.107. The Hall–Kier alpha value is -1.58. The van der Waals surface area contributed by atoms with Gasteiger partial charge in [-0.15, -0.1) is 0 Å². The first-order chi connectivity index (χ1) is 8.25. The molecule has 0 aliphatic rings. The molecule has 0 saturated heterocycles. The van der Waals surface area contributed by atoms with Crippen molar-refractivity contribution in [3.05, 3.63) is 58.7 Å². The molecule has 0 spiro atoms. The Morgan fingerprint density at radius 2 is 2.06 bits per heavy atom. The van der Waals surface area contributed by atoms with E-state index in [1.54, 1.807) is 6.20 Å². The minimum Gasteiger partial charge on any atom is -0.383 e. The molecule has 3 nitrogen and oxygen atoms in total. The molecule has 0 aliphatic carbocycles. The Morgan fingerprint density at radius 1 is 1.18 bits per heavy atom. The van der Waals surface area contributed by atoms with E-state index in [0.717, 1.165) is 11.1 Å².